The van der Waals surface area contributed by atoms with Gasteiger partial charge in [-0.2, -0.15) is 0 Å². The van der Waals surface area contributed by atoms with Gasteiger partial charge in [0.25, 0.3) is 0 Å². The van der Waals surface area contributed by atoms with Crippen LogP contribution in [0.4, 0.5) is 0 Å². The maximum absolute atomic E-state index is 8.04. The third kappa shape index (κ3) is 4.67. The summed E-state index contributed by atoms with van der Waals surface area (Å²) in [7, 11) is 5.03. The molecular formula is C23H24IN3O3. The predicted molar refractivity (Wildman–Crippen MR) is 129 cm³/mol. The van der Waals surface area contributed by atoms with Crippen molar-refractivity contribution in [1.29, 1.82) is 5.41 Å². The van der Waals surface area contributed by atoms with Gasteiger partial charge < -0.3 is 18.9 Å². The lowest BCUT2D eigenvalue weighted by Gasteiger charge is -2.12. The Morgan fingerprint density at radius 3 is 2.67 bits per heavy atom. The van der Waals surface area contributed by atoms with Gasteiger partial charge in [0.2, 0.25) is 5.90 Å². The van der Waals surface area contributed by atoms with Crippen LogP contribution in [0.5, 0.6) is 0 Å². The average Bonchev–Trinajstić information content (AvgIpc) is 3.08. The molecule has 0 unspecified atom stereocenters. The molecular weight excluding hydrogens is 493 g/mol. The summed E-state index contributed by atoms with van der Waals surface area (Å²) in [5.74, 6) is 0.0223. The Kier molecular flexibility index (Phi) is 7.15. The van der Waals surface area contributed by atoms with Gasteiger partial charge in [0.05, 0.1) is 31.7 Å². The fraction of sp³-hybridized carbons (Fsp3) is 0.217. The number of rotatable bonds is 7. The predicted octanol–water partition coefficient (Wildman–Crippen LogP) is 5.33. The third-order valence-corrected chi connectivity index (χ3v) is 5.46. The Balaban J connectivity index is 1.83. The zero-order valence-corrected chi connectivity index (χ0v) is 19.6. The van der Waals surface area contributed by atoms with Crippen molar-refractivity contribution < 1.29 is 14.3 Å². The SMILES string of the molecule is CO/C=C(/C(=N)OC)c1ccccc1CO/N=C(\C)c1cc2ccc(I)cc2n1C. The van der Waals surface area contributed by atoms with E-state index in [-0.39, 0.29) is 12.5 Å². The number of aryl methyl sites for hydroxylation is 1. The van der Waals surface area contributed by atoms with Crippen LogP contribution in [0.2, 0.25) is 0 Å². The van der Waals surface area contributed by atoms with E-state index in [1.807, 2.05) is 38.2 Å². The van der Waals surface area contributed by atoms with Gasteiger partial charge in [0, 0.05) is 27.1 Å². The highest BCUT2D eigenvalue weighted by atomic mass is 127. The van der Waals surface area contributed by atoms with E-state index in [4.69, 9.17) is 19.7 Å². The number of aromatic nitrogens is 1. The van der Waals surface area contributed by atoms with Crippen molar-refractivity contribution >= 4 is 50.7 Å². The monoisotopic (exact) mass is 517 g/mol. The highest BCUT2D eigenvalue weighted by molar-refractivity contribution is 14.1. The van der Waals surface area contributed by atoms with Crippen LogP contribution in [0.1, 0.15) is 23.7 Å². The lowest BCUT2D eigenvalue weighted by molar-refractivity contribution is 0.130. The lowest BCUT2D eigenvalue weighted by Crippen LogP contribution is -2.07. The Labute approximate surface area is 189 Å². The Bertz CT molecular complexity index is 1130. The van der Waals surface area contributed by atoms with E-state index in [1.165, 1.54) is 22.3 Å². The fourth-order valence-corrected chi connectivity index (χ4v) is 3.75. The third-order valence-electron chi connectivity index (χ3n) is 4.79. The summed E-state index contributed by atoms with van der Waals surface area (Å²) >= 11 is 2.32. The maximum Gasteiger partial charge on any atom is 0.216 e. The molecule has 0 saturated heterocycles. The largest absolute Gasteiger partial charge is 0.504 e. The van der Waals surface area contributed by atoms with E-state index in [9.17, 15) is 0 Å². The molecule has 1 N–H and O–H groups in total. The number of halogens is 1. The first kappa shape index (κ1) is 21.9. The number of fused-ring (bicyclic) bond motifs is 1. The molecule has 0 aliphatic carbocycles. The molecule has 0 radical (unpaired) electrons. The van der Waals surface area contributed by atoms with Gasteiger partial charge in [0.15, 0.2) is 0 Å². The van der Waals surface area contributed by atoms with Crippen LogP contribution in [0.3, 0.4) is 0 Å². The number of methoxy groups -OCH3 is 2. The van der Waals surface area contributed by atoms with Crippen molar-refractivity contribution in [1.82, 2.24) is 4.57 Å². The van der Waals surface area contributed by atoms with Gasteiger partial charge in [-0.1, -0.05) is 35.5 Å². The minimum atomic E-state index is 0.0223. The fourth-order valence-electron chi connectivity index (χ4n) is 3.27. The molecule has 0 atom stereocenters. The van der Waals surface area contributed by atoms with Crippen LogP contribution in [-0.2, 0) is 28.0 Å². The number of oxime groups is 1. The summed E-state index contributed by atoms with van der Waals surface area (Å²) in [5, 5.41) is 13.5. The molecule has 3 rings (SSSR count). The molecule has 0 amide bonds. The summed E-state index contributed by atoms with van der Waals surface area (Å²) in [6, 6.07) is 16.1. The quantitative estimate of drug-likeness (QED) is 0.151. The molecule has 30 heavy (non-hydrogen) atoms. The second-order valence-electron chi connectivity index (χ2n) is 6.70. The molecule has 0 saturated carbocycles. The van der Waals surface area contributed by atoms with Crippen LogP contribution in [-0.4, -0.2) is 30.4 Å². The molecule has 3 aromatic rings. The summed E-state index contributed by atoms with van der Waals surface area (Å²) in [6.07, 6.45) is 1.50. The summed E-state index contributed by atoms with van der Waals surface area (Å²) in [5.41, 5.74) is 5.18. The molecule has 1 heterocycles. The minimum Gasteiger partial charge on any atom is -0.504 e. The number of nitrogens with zero attached hydrogens (tertiary/aromatic N) is 2. The molecule has 0 bridgehead atoms. The van der Waals surface area contributed by atoms with E-state index >= 15 is 0 Å². The molecule has 6 nitrogen and oxygen atoms in total. The van der Waals surface area contributed by atoms with Crippen molar-refractivity contribution in [2.45, 2.75) is 13.5 Å². The highest BCUT2D eigenvalue weighted by Crippen LogP contribution is 2.23. The number of hydrogen-bond acceptors (Lipinski definition) is 5. The molecule has 0 aliphatic heterocycles. The van der Waals surface area contributed by atoms with Crippen molar-refractivity contribution in [2.75, 3.05) is 14.2 Å². The molecule has 0 spiro atoms. The number of ether oxygens (including phenoxy) is 2. The first-order valence-electron chi connectivity index (χ1n) is 9.32. The summed E-state index contributed by atoms with van der Waals surface area (Å²) in [4.78, 5) is 5.69. The lowest BCUT2D eigenvalue weighted by atomic mass is 10.0. The second-order valence-corrected chi connectivity index (χ2v) is 7.95. The molecule has 0 fully saturated rings. The Hall–Kier alpha value is -2.81. The molecule has 7 heteroatoms. The first-order valence-corrected chi connectivity index (χ1v) is 10.4. The van der Waals surface area contributed by atoms with Crippen molar-refractivity contribution in [2.24, 2.45) is 12.2 Å². The van der Waals surface area contributed by atoms with Gasteiger partial charge in [0.1, 0.15) is 12.3 Å². The smallest absolute Gasteiger partial charge is 0.216 e. The van der Waals surface area contributed by atoms with Gasteiger partial charge >= 0.3 is 0 Å². The standard InChI is InChI=1S/C23H24IN3O3/c1-15(21-11-16-9-10-18(24)12-22(16)27(21)2)26-30-13-17-7-5-6-8-19(17)20(14-28-3)23(25)29-4/h5-12,14,25H,13H2,1-4H3/b20-14+,25-23?,26-15+. The van der Waals surface area contributed by atoms with E-state index in [1.54, 1.807) is 7.11 Å². The zero-order chi connectivity index (χ0) is 21.7. The van der Waals surface area contributed by atoms with Gasteiger partial charge in [-0.15, -0.1) is 0 Å². The number of benzene rings is 2. The zero-order valence-electron chi connectivity index (χ0n) is 17.4. The van der Waals surface area contributed by atoms with E-state index in [0.29, 0.717) is 5.57 Å². The normalized spacial score (nSPS) is 12.2. The van der Waals surface area contributed by atoms with E-state index in [2.05, 4.69) is 56.6 Å². The molecule has 1 aromatic heterocycles. The Morgan fingerprint density at radius 2 is 1.93 bits per heavy atom. The second kappa shape index (κ2) is 9.80. The van der Waals surface area contributed by atoms with E-state index < -0.39 is 0 Å². The van der Waals surface area contributed by atoms with Crippen LogP contribution in [0.25, 0.3) is 16.5 Å². The van der Waals surface area contributed by atoms with Crippen molar-refractivity contribution in [3.8, 4) is 0 Å². The highest BCUT2D eigenvalue weighted by Gasteiger charge is 2.14. The first-order chi connectivity index (χ1) is 14.5. The Morgan fingerprint density at radius 1 is 1.17 bits per heavy atom. The minimum absolute atomic E-state index is 0.0223. The molecule has 0 aliphatic rings. The maximum atomic E-state index is 8.04. The summed E-state index contributed by atoms with van der Waals surface area (Å²) in [6.45, 7) is 2.19. The van der Waals surface area contributed by atoms with E-state index in [0.717, 1.165) is 28.0 Å². The molecule has 2 aromatic carbocycles. The van der Waals surface area contributed by atoms with Crippen LogP contribution >= 0.6 is 22.6 Å². The van der Waals surface area contributed by atoms with Gasteiger partial charge in [-0.05, 0) is 53.3 Å². The number of hydrogen-bond donors (Lipinski definition) is 1. The van der Waals surface area contributed by atoms with Crippen LogP contribution < -0.4 is 0 Å². The van der Waals surface area contributed by atoms with Crippen molar-refractivity contribution in [3.63, 3.8) is 0 Å². The van der Waals surface area contributed by atoms with Crippen LogP contribution in [0.15, 0.2) is 59.9 Å². The average molecular weight is 517 g/mol. The molecule has 156 valence electrons. The topological polar surface area (TPSA) is 68.8 Å². The number of nitrogens with one attached hydrogen (secondary N) is 1. The van der Waals surface area contributed by atoms with Gasteiger partial charge in [-0.25, -0.2) is 0 Å². The van der Waals surface area contributed by atoms with Crippen LogP contribution in [0, 0.1) is 8.98 Å². The summed E-state index contributed by atoms with van der Waals surface area (Å²) < 4.78 is 13.5. The van der Waals surface area contributed by atoms with Gasteiger partial charge in [-0.3, -0.25) is 5.41 Å². The van der Waals surface area contributed by atoms with Crippen molar-refractivity contribution in [3.05, 3.63) is 75.2 Å².